The topological polar surface area (TPSA) is 216 Å². The molecule has 138 valence electrons. The standard InChI is InChI=1S/C12H24N2O8.H3N/c13-4-3-20-6(2-16)11(8(4)17)22-12-7(14)10(19)9(18)5(1-15)21-12;/h4-12,15-19H,1-3,13-14H2;1H3/t4?,5-,6-,7-,8?,9?,10?,11-,12+;/m1./s1. The van der Waals surface area contributed by atoms with Crippen LogP contribution < -0.4 is 17.6 Å². The highest BCUT2D eigenvalue weighted by atomic mass is 16.7. The highest BCUT2D eigenvalue weighted by Crippen LogP contribution is 2.25. The smallest absolute Gasteiger partial charge is 0.176 e. The van der Waals surface area contributed by atoms with Crippen LogP contribution in [0.5, 0.6) is 0 Å². The second kappa shape index (κ2) is 8.60. The van der Waals surface area contributed by atoms with Crippen LogP contribution in [-0.4, -0.2) is 100 Å². The third kappa shape index (κ3) is 4.15. The van der Waals surface area contributed by atoms with Gasteiger partial charge in [0, 0.05) is 0 Å². The van der Waals surface area contributed by atoms with Gasteiger partial charge in [-0.05, 0) is 0 Å². The molecule has 12 N–H and O–H groups in total. The predicted molar refractivity (Wildman–Crippen MR) is 76.4 cm³/mol. The lowest BCUT2D eigenvalue weighted by Gasteiger charge is -2.45. The molecule has 2 aliphatic rings. The first-order valence-corrected chi connectivity index (χ1v) is 7.10. The van der Waals surface area contributed by atoms with Gasteiger partial charge in [0.25, 0.3) is 0 Å². The Labute approximate surface area is 133 Å². The van der Waals surface area contributed by atoms with Gasteiger partial charge < -0.3 is 57.4 Å². The maximum Gasteiger partial charge on any atom is 0.176 e. The van der Waals surface area contributed by atoms with Crippen molar-refractivity contribution in [1.29, 1.82) is 0 Å². The molecule has 2 fully saturated rings. The average molecular weight is 341 g/mol. The summed E-state index contributed by atoms with van der Waals surface area (Å²) in [5, 5.41) is 48.1. The summed E-state index contributed by atoms with van der Waals surface area (Å²) in [6, 6.07) is -1.82. The average Bonchev–Trinajstić information content (AvgIpc) is 2.52. The Morgan fingerprint density at radius 3 is 2.13 bits per heavy atom. The van der Waals surface area contributed by atoms with Crippen molar-refractivity contribution < 1.29 is 39.7 Å². The Bertz CT molecular complexity index is 361. The number of aliphatic hydroxyl groups is 5. The summed E-state index contributed by atoms with van der Waals surface area (Å²) in [5.41, 5.74) is 11.4. The molecule has 11 nitrogen and oxygen atoms in total. The van der Waals surface area contributed by atoms with Crippen LogP contribution in [0.15, 0.2) is 0 Å². The zero-order valence-electron chi connectivity index (χ0n) is 12.6. The SMILES string of the molecule is N.NC1CO[C@H](CO)[C@@H](O[C@@H]2O[C@H](CO)C(O)C(O)[C@H]2N)C1O. The molecular weight excluding hydrogens is 314 g/mol. The quantitative estimate of drug-likeness (QED) is 0.243. The van der Waals surface area contributed by atoms with Crippen molar-refractivity contribution in [2.75, 3.05) is 19.8 Å². The molecule has 0 aromatic rings. The first-order chi connectivity index (χ1) is 10.4. The first-order valence-electron chi connectivity index (χ1n) is 7.10. The van der Waals surface area contributed by atoms with Crippen LogP contribution >= 0.6 is 0 Å². The molecule has 23 heavy (non-hydrogen) atoms. The lowest BCUT2D eigenvalue weighted by atomic mass is 9.96. The number of nitrogens with two attached hydrogens (primary N) is 2. The van der Waals surface area contributed by atoms with Crippen LogP contribution in [0, 0.1) is 0 Å². The second-order valence-corrected chi connectivity index (χ2v) is 5.59. The van der Waals surface area contributed by atoms with E-state index in [1.165, 1.54) is 0 Å². The largest absolute Gasteiger partial charge is 0.394 e. The van der Waals surface area contributed by atoms with Crippen molar-refractivity contribution >= 4 is 0 Å². The fraction of sp³-hybridized carbons (Fsp3) is 1.00. The van der Waals surface area contributed by atoms with Gasteiger partial charge in [-0.15, -0.1) is 0 Å². The highest BCUT2D eigenvalue weighted by molar-refractivity contribution is 4.95. The van der Waals surface area contributed by atoms with Gasteiger partial charge >= 0.3 is 0 Å². The van der Waals surface area contributed by atoms with E-state index in [0.717, 1.165) is 0 Å². The second-order valence-electron chi connectivity index (χ2n) is 5.59. The molecule has 0 amide bonds. The van der Waals surface area contributed by atoms with E-state index in [2.05, 4.69) is 0 Å². The molecule has 0 aromatic carbocycles. The van der Waals surface area contributed by atoms with Crippen LogP contribution in [0.25, 0.3) is 0 Å². The van der Waals surface area contributed by atoms with Crippen molar-refractivity contribution in [3.63, 3.8) is 0 Å². The molecule has 0 bridgehead atoms. The Morgan fingerprint density at radius 1 is 0.957 bits per heavy atom. The Hall–Kier alpha value is -0.440. The number of hydrogen-bond donors (Lipinski definition) is 8. The van der Waals surface area contributed by atoms with E-state index in [0.29, 0.717) is 0 Å². The summed E-state index contributed by atoms with van der Waals surface area (Å²) in [6.07, 6.45) is -8.00. The van der Waals surface area contributed by atoms with E-state index in [1.54, 1.807) is 0 Å². The van der Waals surface area contributed by atoms with E-state index < -0.39 is 68.2 Å². The van der Waals surface area contributed by atoms with Gasteiger partial charge in [0.15, 0.2) is 6.29 Å². The molecule has 2 saturated heterocycles. The van der Waals surface area contributed by atoms with Crippen LogP contribution in [0.4, 0.5) is 0 Å². The molecule has 0 aromatic heterocycles. The first kappa shape index (κ1) is 20.6. The molecule has 0 aliphatic carbocycles. The molecule has 0 saturated carbocycles. The third-order valence-corrected chi connectivity index (χ3v) is 4.04. The summed E-state index contributed by atoms with van der Waals surface area (Å²) in [5.74, 6) is 0. The lowest BCUT2D eigenvalue weighted by molar-refractivity contribution is -0.305. The van der Waals surface area contributed by atoms with Gasteiger partial charge in [-0.2, -0.15) is 0 Å². The molecule has 11 heteroatoms. The summed E-state index contributed by atoms with van der Waals surface area (Å²) in [4.78, 5) is 0. The van der Waals surface area contributed by atoms with Gasteiger partial charge in [0.2, 0.25) is 0 Å². The van der Waals surface area contributed by atoms with E-state index in [1.807, 2.05) is 0 Å². The Balaban J connectivity index is 0.00000264. The molecule has 0 spiro atoms. The molecule has 2 heterocycles. The van der Waals surface area contributed by atoms with Crippen molar-refractivity contribution in [3.05, 3.63) is 0 Å². The van der Waals surface area contributed by atoms with Crippen molar-refractivity contribution in [2.45, 2.75) is 55.0 Å². The third-order valence-electron chi connectivity index (χ3n) is 4.04. The van der Waals surface area contributed by atoms with Crippen LogP contribution in [0.3, 0.4) is 0 Å². The minimum atomic E-state index is -1.38. The van der Waals surface area contributed by atoms with Crippen LogP contribution in [0.1, 0.15) is 0 Å². The van der Waals surface area contributed by atoms with Crippen molar-refractivity contribution in [3.8, 4) is 0 Å². The van der Waals surface area contributed by atoms with Crippen LogP contribution in [0.2, 0.25) is 0 Å². The van der Waals surface area contributed by atoms with Gasteiger partial charge in [0.05, 0.1) is 31.9 Å². The molecule has 2 rings (SSSR count). The maximum atomic E-state index is 10.1. The lowest BCUT2D eigenvalue weighted by Crippen LogP contribution is -2.66. The van der Waals surface area contributed by atoms with E-state index >= 15 is 0 Å². The Kier molecular flexibility index (Phi) is 7.70. The summed E-state index contributed by atoms with van der Waals surface area (Å²) >= 11 is 0. The summed E-state index contributed by atoms with van der Waals surface area (Å²) in [7, 11) is 0. The number of aliphatic hydroxyl groups excluding tert-OH is 5. The minimum Gasteiger partial charge on any atom is -0.394 e. The molecule has 4 unspecified atom stereocenters. The fourth-order valence-corrected chi connectivity index (χ4v) is 2.60. The maximum absolute atomic E-state index is 10.1. The molecular formula is C12H27N3O8. The van der Waals surface area contributed by atoms with Crippen LogP contribution in [-0.2, 0) is 14.2 Å². The van der Waals surface area contributed by atoms with Gasteiger partial charge in [0.1, 0.15) is 36.6 Å². The van der Waals surface area contributed by atoms with E-state index in [4.69, 9.17) is 30.8 Å². The van der Waals surface area contributed by atoms with Gasteiger partial charge in [-0.25, -0.2) is 0 Å². The monoisotopic (exact) mass is 341 g/mol. The van der Waals surface area contributed by atoms with Gasteiger partial charge in [-0.3, -0.25) is 0 Å². The molecule has 0 radical (unpaired) electrons. The van der Waals surface area contributed by atoms with Gasteiger partial charge in [-0.1, -0.05) is 0 Å². The summed E-state index contributed by atoms with van der Waals surface area (Å²) in [6.45, 7) is -0.896. The normalized spacial score (nSPS) is 47.9. The number of rotatable bonds is 4. The number of ether oxygens (including phenoxy) is 3. The minimum absolute atomic E-state index is 0. The van der Waals surface area contributed by atoms with E-state index in [9.17, 15) is 20.4 Å². The number of hydrogen-bond acceptors (Lipinski definition) is 11. The Morgan fingerprint density at radius 2 is 1.57 bits per heavy atom. The molecule has 2 aliphatic heterocycles. The zero-order valence-corrected chi connectivity index (χ0v) is 12.6. The molecule has 9 atom stereocenters. The highest BCUT2D eigenvalue weighted by Gasteiger charge is 2.47. The predicted octanol–water partition coefficient (Wildman–Crippen LogP) is -4.62. The van der Waals surface area contributed by atoms with E-state index in [-0.39, 0.29) is 12.8 Å². The zero-order chi connectivity index (χ0) is 16.4. The van der Waals surface area contributed by atoms with Crippen molar-refractivity contribution in [1.82, 2.24) is 6.15 Å². The van der Waals surface area contributed by atoms with Crippen molar-refractivity contribution in [2.24, 2.45) is 11.5 Å². The summed E-state index contributed by atoms with van der Waals surface area (Å²) < 4.78 is 16.1. The fourth-order valence-electron chi connectivity index (χ4n) is 2.60.